The minimum Gasteiger partial charge on any atom is -0.375 e. The highest BCUT2D eigenvalue weighted by Gasteiger charge is 2.39. The van der Waals surface area contributed by atoms with Crippen LogP contribution in [0.25, 0.3) is 11.3 Å². The second-order valence-corrected chi connectivity index (χ2v) is 4.46. The lowest BCUT2D eigenvalue weighted by Crippen LogP contribution is -2.30. The molecule has 4 nitrogen and oxygen atoms in total. The predicted octanol–water partition coefficient (Wildman–Crippen LogP) is 2.89. The predicted molar refractivity (Wildman–Crippen MR) is 66.6 cm³/mol. The molecule has 0 atom stereocenters. The van der Waals surface area contributed by atoms with Crippen molar-refractivity contribution in [3.63, 3.8) is 0 Å². The fraction of sp³-hybridized carbons (Fsp3) is 0.0909. The summed E-state index contributed by atoms with van der Waals surface area (Å²) in [7, 11) is 0. The van der Waals surface area contributed by atoms with E-state index in [1.165, 1.54) is 12.1 Å². The van der Waals surface area contributed by atoms with E-state index in [4.69, 9.17) is 5.73 Å². The molecule has 1 aromatic heterocycles. The third-order valence-electron chi connectivity index (χ3n) is 2.23. The van der Waals surface area contributed by atoms with Crippen LogP contribution in [0.5, 0.6) is 0 Å². The van der Waals surface area contributed by atoms with E-state index in [0.717, 1.165) is 11.3 Å². The highest BCUT2D eigenvalue weighted by Crippen LogP contribution is 2.30. The van der Waals surface area contributed by atoms with Crippen molar-refractivity contribution in [3.05, 3.63) is 29.6 Å². The molecule has 2 aromatic rings. The van der Waals surface area contributed by atoms with Crippen LogP contribution >= 0.6 is 11.3 Å². The third kappa shape index (κ3) is 3.02. The number of benzene rings is 1. The maximum atomic E-state index is 12.2. The molecule has 2 rings (SSSR count). The SMILES string of the molecule is Nc1nc(-c2ccccc2NC(=O)C(F)(F)F)cs1. The van der Waals surface area contributed by atoms with Crippen LogP contribution in [0.15, 0.2) is 29.6 Å². The number of carbonyl (C=O) groups is 1. The number of hydrogen-bond acceptors (Lipinski definition) is 4. The molecule has 0 unspecified atom stereocenters. The van der Waals surface area contributed by atoms with Gasteiger partial charge in [0.05, 0.1) is 11.4 Å². The number of anilines is 2. The average molecular weight is 287 g/mol. The molecule has 0 aliphatic carbocycles. The van der Waals surface area contributed by atoms with Gasteiger partial charge in [0.25, 0.3) is 0 Å². The Morgan fingerprint density at radius 3 is 2.58 bits per heavy atom. The van der Waals surface area contributed by atoms with Gasteiger partial charge in [-0.1, -0.05) is 18.2 Å². The minimum absolute atomic E-state index is 0.0372. The number of nitrogens with one attached hydrogen (secondary N) is 1. The Balaban J connectivity index is 2.35. The van der Waals surface area contributed by atoms with Gasteiger partial charge < -0.3 is 11.1 Å². The zero-order valence-electron chi connectivity index (χ0n) is 9.36. The molecular formula is C11H8F3N3OS. The van der Waals surface area contributed by atoms with Crippen LogP contribution in [0.3, 0.4) is 0 Å². The lowest BCUT2D eigenvalue weighted by Gasteiger charge is -2.11. The molecule has 1 amide bonds. The molecule has 8 heteroatoms. The number of aromatic nitrogens is 1. The molecule has 0 fully saturated rings. The van der Waals surface area contributed by atoms with E-state index in [0.29, 0.717) is 16.4 Å². The molecule has 0 aliphatic heterocycles. The first kappa shape index (κ1) is 13.3. The summed E-state index contributed by atoms with van der Waals surface area (Å²) in [5.74, 6) is -2.02. The average Bonchev–Trinajstić information content (AvgIpc) is 2.75. The largest absolute Gasteiger partial charge is 0.471 e. The van der Waals surface area contributed by atoms with Crippen molar-refractivity contribution in [2.24, 2.45) is 0 Å². The van der Waals surface area contributed by atoms with Gasteiger partial charge in [0.2, 0.25) is 0 Å². The molecule has 1 aromatic carbocycles. The summed E-state index contributed by atoms with van der Waals surface area (Å²) in [5.41, 5.74) is 6.31. The van der Waals surface area contributed by atoms with Crippen LogP contribution in [0.2, 0.25) is 0 Å². The first-order chi connectivity index (χ1) is 8.88. The molecule has 0 spiro atoms. The maximum Gasteiger partial charge on any atom is 0.471 e. The van der Waals surface area contributed by atoms with Crippen molar-refractivity contribution in [1.82, 2.24) is 4.98 Å². The monoisotopic (exact) mass is 287 g/mol. The fourth-order valence-corrected chi connectivity index (χ4v) is 1.98. The summed E-state index contributed by atoms with van der Waals surface area (Å²) in [6.45, 7) is 0. The molecule has 0 bridgehead atoms. The molecule has 19 heavy (non-hydrogen) atoms. The van der Waals surface area contributed by atoms with Crippen LogP contribution in [0.1, 0.15) is 0 Å². The second-order valence-electron chi connectivity index (χ2n) is 3.57. The molecule has 3 N–H and O–H groups in total. The number of carbonyl (C=O) groups excluding carboxylic acids is 1. The minimum atomic E-state index is -4.94. The lowest BCUT2D eigenvalue weighted by atomic mass is 10.1. The van der Waals surface area contributed by atoms with Crippen molar-refractivity contribution < 1.29 is 18.0 Å². The van der Waals surface area contributed by atoms with E-state index in [9.17, 15) is 18.0 Å². The number of nitrogen functional groups attached to an aromatic ring is 1. The molecule has 100 valence electrons. The molecule has 0 saturated heterocycles. The normalized spacial score (nSPS) is 11.3. The Morgan fingerprint density at radius 2 is 2.00 bits per heavy atom. The number of amides is 1. The van der Waals surface area contributed by atoms with Gasteiger partial charge in [-0.2, -0.15) is 13.2 Å². The highest BCUT2D eigenvalue weighted by molar-refractivity contribution is 7.13. The first-order valence-electron chi connectivity index (χ1n) is 5.06. The van der Waals surface area contributed by atoms with E-state index in [1.807, 2.05) is 5.32 Å². The molecule has 1 heterocycles. The number of thiazole rings is 1. The van der Waals surface area contributed by atoms with E-state index in [2.05, 4.69) is 4.98 Å². The number of hydrogen-bond donors (Lipinski definition) is 2. The van der Waals surface area contributed by atoms with Crippen molar-refractivity contribution in [1.29, 1.82) is 0 Å². The summed E-state index contributed by atoms with van der Waals surface area (Å²) in [5, 5.41) is 3.72. The number of para-hydroxylation sites is 1. The molecule has 0 aliphatic rings. The van der Waals surface area contributed by atoms with Crippen LogP contribution < -0.4 is 11.1 Å². The third-order valence-corrected chi connectivity index (χ3v) is 2.90. The van der Waals surface area contributed by atoms with Crippen LogP contribution in [-0.4, -0.2) is 17.1 Å². The van der Waals surface area contributed by atoms with Crippen molar-refractivity contribution in [2.75, 3.05) is 11.1 Å². The van der Waals surface area contributed by atoms with Gasteiger partial charge in [0, 0.05) is 10.9 Å². The van der Waals surface area contributed by atoms with E-state index in [-0.39, 0.29) is 5.69 Å². The van der Waals surface area contributed by atoms with Gasteiger partial charge in [-0.05, 0) is 6.07 Å². The van der Waals surface area contributed by atoms with Crippen LogP contribution in [0.4, 0.5) is 24.0 Å². The fourth-order valence-electron chi connectivity index (χ4n) is 1.42. The smallest absolute Gasteiger partial charge is 0.375 e. The van der Waals surface area contributed by atoms with Crippen molar-refractivity contribution in [3.8, 4) is 11.3 Å². The zero-order valence-corrected chi connectivity index (χ0v) is 10.2. The van der Waals surface area contributed by atoms with Gasteiger partial charge in [-0.3, -0.25) is 4.79 Å². The standard InChI is InChI=1S/C11H8F3N3OS/c12-11(13,14)9(18)16-7-4-2-1-3-6(7)8-5-19-10(15)17-8/h1-5H,(H2,15,17)(H,16,18). The molecule has 0 radical (unpaired) electrons. The molecule has 0 saturated carbocycles. The first-order valence-corrected chi connectivity index (χ1v) is 5.94. The number of alkyl halides is 3. The Morgan fingerprint density at radius 1 is 1.32 bits per heavy atom. The number of nitrogens with two attached hydrogens (primary N) is 1. The van der Waals surface area contributed by atoms with Crippen LogP contribution in [0, 0.1) is 0 Å². The topological polar surface area (TPSA) is 68.0 Å². The Bertz CT molecular complexity index is 609. The second kappa shape index (κ2) is 4.88. The van der Waals surface area contributed by atoms with Crippen molar-refractivity contribution in [2.45, 2.75) is 6.18 Å². The Hall–Kier alpha value is -2.09. The Kier molecular flexibility index (Phi) is 3.43. The number of halogens is 3. The summed E-state index contributed by atoms with van der Waals surface area (Å²) < 4.78 is 36.7. The van der Waals surface area contributed by atoms with Crippen LogP contribution in [-0.2, 0) is 4.79 Å². The summed E-state index contributed by atoms with van der Waals surface area (Å²) in [6, 6.07) is 6.08. The van der Waals surface area contributed by atoms with E-state index < -0.39 is 12.1 Å². The zero-order chi connectivity index (χ0) is 14.0. The summed E-state index contributed by atoms with van der Waals surface area (Å²) >= 11 is 1.16. The van der Waals surface area contributed by atoms with Gasteiger partial charge >= 0.3 is 12.1 Å². The van der Waals surface area contributed by atoms with Gasteiger partial charge in [0.1, 0.15) is 0 Å². The highest BCUT2D eigenvalue weighted by atomic mass is 32.1. The summed E-state index contributed by atoms with van der Waals surface area (Å²) in [4.78, 5) is 14.9. The number of rotatable bonds is 2. The quantitative estimate of drug-likeness (QED) is 0.892. The maximum absolute atomic E-state index is 12.2. The van der Waals surface area contributed by atoms with E-state index >= 15 is 0 Å². The molecular weight excluding hydrogens is 279 g/mol. The van der Waals surface area contributed by atoms with Gasteiger partial charge in [-0.25, -0.2) is 4.98 Å². The van der Waals surface area contributed by atoms with Crippen molar-refractivity contribution >= 4 is 28.1 Å². The lowest BCUT2D eigenvalue weighted by molar-refractivity contribution is -0.167. The van der Waals surface area contributed by atoms with Gasteiger partial charge in [0.15, 0.2) is 5.13 Å². The Labute approximate surface area is 110 Å². The number of nitrogens with zero attached hydrogens (tertiary/aromatic N) is 1. The van der Waals surface area contributed by atoms with Gasteiger partial charge in [-0.15, -0.1) is 11.3 Å². The van der Waals surface area contributed by atoms with E-state index in [1.54, 1.807) is 17.5 Å². The summed E-state index contributed by atoms with van der Waals surface area (Å²) in [6.07, 6.45) is -4.94.